The number of phenols is 2. The van der Waals surface area contributed by atoms with Gasteiger partial charge in [0, 0.05) is 5.56 Å². The van der Waals surface area contributed by atoms with Gasteiger partial charge in [-0.2, -0.15) is 8.42 Å². The molecule has 0 aromatic heterocycles. The van der Waals surface area contributed by atoms with E-state index >= 15 is 0 Å². The number of aromatic hydroxyl groups is 2. The lowest BCUT2D eigenvalue weighted by molar-refractivity contribution is 0.455. The van der Waals surface area contributed by atoms with Gasteiger partial charge in [0.15, 0.2) is 10.5 Å². The van der Waals surface area contributed by atoms with Crippen molar-refractivity contribution in [2.75, 3.05) is 0 Å². The quantitative estimate of drug-likeness (QED) is 0.239. The Hall–Kier alpha value is -1.67. The van der Waals surface area contributed by atoms with Gasteiger partial charge in [-0.3, -0.25) is 4.55 Å². The number of phenolic OH excluding ortho intramolecular Hbond substituents is 2. The average Bonchev–Trinajstić information content (AvgIpc) is 2.68. The summed E-state index contributed by atoms with van der Waals surface area (Å²) in [5, 5.41) is 18.3. The molecule has 0 amide bonds. The van der Waals surface area contributed by atoms with Gasteiger partial charge in [0.05, 0.1) is 10.0 Å². The minimum absolute atomic E-state index is 0.0507. The Balaban J connectivity index is 2.66. The summed E-state index contributed by atoms with van der Waals surface area (Å²) in [4.78, 5) is 0. The van der Waals surface area contributed by atoms with Crippen molar-refractivity contribution in [2.45, 2.75) is 4.75 Å². The molecular formula is C19H12Cl4O5S. The van der Waals surface area contributed by atoms with E-state index in [0.29, 0.717) is 0 Å². The highest BCUT2D eigenvalue weighted by atomic mass is 35.5. The molecule has 3 aromatic rings. The zero-order valence-electron chi connectivity index (χ0n) is 14.3. The van der Waals surface area contributed by atoms with Crippen molar-refractivity contribution in [3.63, 3.8) is 0 Å². The molecular weight excluding hydrogens is 482 g/mol. The molecule has 0 aliphatic heterocycles. The van der Waals surface area contributed by atoms with E-state index in [-0.39, 0.29) is 22.4 Å². The van der Waals surface area contributed by atoms with E-state index in [1.807, 2.05) is 0 Å². The molecule has 3 aromatic carbocycles. The van der Waals surface area contributed by atoms with E-state index in [2.05, 4.69) is 0 Å². The summed E-state index contributed by atoms with van der Waals surface area (Å²) in [7, 11) is -5.07. The highest BCUT2D eigenvalue weighted by Crippen LogP contribution is 2.55. The predicted octanol–water partition coefficient (Wildman–Crippen LogP) is 5.89. The third-order valence-corrected chi connectivity index (χ3v) is 7.55. The molecule has 0 aliphatic carbocycles. The SMILES string of the molecule is O=S(=O)(O)C(c1ccccc1)(c1cccc(O)c1)c1c(Cl)c(Cl)c(O)c(Cl)c1Cl. The second-order valence-electron chi connectivity index (χ2n) is 6.05. The van der Waals surface area contributed by atoms with E-state index < -0.39 is 40.7 Å². The Labute approximate surface area is 186 Å². The molecule has 0 saturated carbocycles. The molecule has 0 aliphatic rings. The van der Waals surface area contributed by atoms with Gasteiger partial charge in [0.25, 0.3) is 10.1 Å². The van der Waals surface area contributed by atoms with Crippen LogP contribution < -0.4 is 0 Å². The Bertz CT molecular complexity index is 1170. The van der Waals surface area contributed by atoms with Gasteiger partial charge < -0.3 is 10.2 Å². The van der Waals surface area contributed by atoms with Crippen LogP contribution in [0.25, 0.3) is 0 Å². The van der Waals surface area contributed by atoms with Gasteiger partial charge in [0.1, 0.15) is 15.8 Å². The molecule has 0 heterocycles. The first kappa shape index (κ1) is 22.0. The predicted molar refractivity (Wildman–Crippen MR) is 114 cm³/mol. The second kappa shape index (κ2) is 7.87. The summed E-state index contributed by atoms with van der Waals surface area (Å²) in [6.45, 7) is 0. The van der Waals surface area contributed by atoms with E-state index in [1.54, 1.807) is 18.2 Å². The lowest BCUT2D eigenvalue weighted by Crippen LogP contribution is -2.39. The fraction of sp³-hybridized carbons (Fsp3) is 0.0526. The van der Waals surface area contributed by atoms with Gasteiger partial charge in [-0.05, 0) is 23.3 Å². The summed E-state index contributed by atoms with van der Waals surface area (Å²) >= 11 is 24.8. The molecule has 5 nitrogen and oxygen atoms in total. The Morgan fingerprint density at radius 3 is 1.72 bits per heavy atom. The van der Waals surface area contributed by atoms with Gasteiger partial charge in [-0.15, -0.1) is 0 Å². The molecule has 0 spiro atoms. The number of hydrogen-bond acceptors (Lipinski definition) is 4. The van der Waals surface area contributed by atoms with Gasteiger partial charge in [0.2, 0.25) is 0 Å². The van der Waals surface area contributed by atoms with Gasteiger partial charge >= 0.3 is 0 Å². The lowest BCUT2D eigenvalue weighted by Gasteiger charge is -2.34. The monoisotopic (exact) mass is 492 g/mol. The van der Waals surface area contributed by atoms with Crippen LogP contribution in [0.2, 0.25) is 20.1 Å². The fourth-order valence-electron chi connectivity index (χ4n) is 3.21. The third kappa shape index (κ3) is 3.44. The smallest absolute Gasteiger partial charge is 0.283 e. The molecule has 1 atom stereocenters. The van der Waals surface area contributed by atoms with E-state index in [1.165, 1.54) is 30.3 Å². The van der Waals surface area contributed by atoms with Crippen LogP contribution in [-0.2, 0) is 14.9 Å². The third-order valence-electron chi connectivity index (χ3n) is 4.41. The molecule has 0 saturated heterocycles. The highest BCUT2D eigenvalue weighted by molar-refractivity contribution is 7.87. The first-order valence-corrected chi connectivity index (χ1v) is 10.9. The van der Waals surface area contributed by atoms with E-state index in [0.717, 1.165) is 6.07 Å². The summed E-state index contributed by atoms with van der Waals surface area (Å²) in [6.07, 6.45) is 0. The maximum Gasteiger partial charge on any atom is 0.283 e. The minimum Gasteiger partial charge on any atom is -0.508 e. The molecule has 3 rings (SSSR count). The van der Waals surface area contributed by atoms with Crippen LogP contribution >= 0.6 is 46.4 Å². The largest absolute Gasteiger partial charge is 0.508 e. The molecule has 0 bridgehead atoms. The molecule has 0 radical (unpaired) electrons. The van der Waals surface area contributed by atoms with Crippen molar-refractivity contribution in [1.29, 1.82) is 0 Å². The van der Waals surface area contributed by atoms with Crippen molar-refractivity contribution in [3.8, 4) is 11.5 Å². The van der Waals surface area contributed by atoms with Crippen molar-refractivity contribution >= 4 is 56.5 Å². The van der Waals surface area contributed by atoms with Crippen LogP contribution in [0.15, 0.2) is 54.6 Å². The second-order valence-corrected chi connectivity index (χ2v) is 9.13. The van der Waals surface area contributed by atoms with Crippen molar-refractivity contribution in [2.24, 2.45) is 0 Å². The van der Waals surface area contributed by atoms with Crippen LogP contribution in [0.1, 0.15) is 16.7 Å². The molecule has 0 fully saturated rings. The Morgan fingerprint density at radius 1 is 0.724 bits per heavy atom. The standard InChI is InChI=1S/C19H12Cl4O5S/c20-14-13(15(21)17(23)18(25)16(14)22)19(29(26,27)28,10-5-2-1-3-6-10)11-7-4-8-12(24)9-11/h1-9,24-25H,(H,26,27,28). The topological polar surface area (TPSA) is 94.8 Å². The molecule has 1 unspecified atom stereocenters. The summed E-state index contributed by atoms with van der Waals surface area (Å²) in [5.41, 5.74) is -0.393. The molecule has 29 heavy (non-hydrogen) atoms. The highest BCUT2D eigenvalue weighted by Gasteiger charge is 2.52. The molecule has 152 valence electrons. The van der Waals surface area contributed by atoms with Crippen LogP contribution in [-0.4, -0.2) is 23.2 Å². The van der Waals surface area contributed by atoms with Crippen molar-refractivity contribution < 1.29 is 23.2 Å². The van der Waals surface area contributed by atoms with Crippen molar-refractivity contribution in [3.05, 3.63) is 91.4 Å². The maximum atomic E-state index is 13.0. The first-order valence-electron chi connectivity index (χ1n) is 7.91. The fourth-order valence-corrected chi connectivity index (χ4v) is 5.77. The van der Waals surface area contributed by atoms with Crippen LogP contribution in [0.3, 0.4) is 0 Å². The van der Waals surface area contributed by atoms with Crippen LogP contribution in [0, 0.1) is 0 Å². The number of rotatable bonds is 4. The van der Waals surface area contributed by atoms with E-state index in [4.69, 9.17) is 46.4 Å². The Kier molecular flexibility index (Phi) is 5.98. The van der Waals surface area contributed by atoms with Gasteiger partial charge in [-0.25, -0.2) is 0 Å². The molecule has 3 N–H and O–H groups in total. The summed E-state index contributed by atoms with van der Waals surface area (Å²) in [5.74, 6) is -0.907. The number of halogens is 4. The maximum absolute atomic E-state index is 13.0. The summed E-state index contributed by atoms with van der Waals surface area (Å²) < 4.78 is 34.1. The number of benzene rings is 3. The number of hydrogen-bond donors (Lipinski definition) is 3. The van der Waals surface area contributed by atoms with Crippen molar-refractivity contribution in [1.82, 2.24) is 0 Å². The normalized spacial score (nSPS) is 13.8. The van der Waals surface area contributed by atoms with E-state index in [9.17, 15) is 23.2 Å². The van der Waals surface area contributed by atoms with Crippen LogP contribution in [0.4, 0.5) is 0 Å². The first-order chi connectivity index (χ1) is 13.5. The minimum atomic E-state index is -5.07. The average molecular weight is 494 g/mol. The zero-order chi connectivity index (χ0) is 21.6. The van der Waals surface area contributed by atoms with Crippen LogP contribution in [0.5, 0.6) is 11.5 Å². The summed E-state index contributed by atoms with van der Waals surface area (Å²) in [6, 6.07) is 12.8. The molecule has 10 heteroatoms. The lowest BCUT2D eigenvalue weighted by atomic mass is 9.83. The zero-order valence-corrected chi connectivity index (χ0v) is 18.1. The van der Waals surface area contributed by atoms with Gasteiger partial charge in [-0.1, -0.05) is 88.9 Å². The Morgan fingerprint density at radius 2 is 1.24 bits per heavy atom.